The zero-order valence-corrected chi connectivity index (χ0v) is 18.4. The molecule has 30 heavy (non-hydrogen) atoms. The summed E-state index contributed by atoms with van der Waals surface area (Å²) < 4.78 is 0. The predicted octanol–water partition coefficient (Wildman–Crippen LogP) is 4.31. The van der Waals surface area contributed by atoms with Crippen molar-refractivity contribution in [2.75, 3.05) is 12.0 Å². The highest BCUT2D eigenvalue weighted by Crippen LogP contribution is 2.27. The molecule has 5 nitrogen and oxygen atoms in total. The number of hydrogen-bond donors (Lipinski definition) is 1. The molecule has 0 saturated heterocycles. The topological polar surface area (TPSA) is 66.5 Å². The lowest BCUT2D eigenvalue weighted by molar-refractivity contribution is -0.126. The van der Waals surface area contributed by atoms with E-state index in [4.69, 9.17) is 0 Å². The molecule has 0 radical (unpaired) electrons. The third kappa shape index (κ3) is 4.75. The van der Waals surface area contributed by atoms with Crippen molar-refractivity contribution in [1.82, 2.24) is 10.2 Å². The first-order valence-corrected chi connectivity index (χ1v) is 11.6. The Morgan fingerprint density at radius 3 is 2.07 bits per heavy atom. The minimum absolute atomic E-state index is 0.175. The van der Waals surface area contributed by atoms with Gasteiger partial charge < -0.3 is 5.32 Å². The van der Waals surface area contributed by atoms with Crippen LogP contribution in [0.5, 0.6) is 0 Å². The van der Waals surface area contributed by atoms with Crippen molar-refractivity contribution in [3.63, 3.8) is 0 Å². The van der Waals surface area contributed by atoms with Crippen LogP contribution >= 0.6 is 11.8 Å². The molecule has 1 aliphatic rings. The minimum atomic E-state index is -0.830. The highest BCUT2D eigenvalue weighted by atomic mass is 32.2. The van der Waals surface area contributed by atoms with Crippen LogP contribution in [0.15, 0.2) is 54.6 Å². The van der Waals surface area contributed by atoms with Crippen LogP contribution in [0.2, 0.25) is 0 Å². The van der Waals surface area contributed by atoms with Gasteiger partial charge >= 0.3 is 0 Å². The summed E-state index contributed by atoms with van der Waals surface area (Å²) in [4.78, 5) is 40.5. The van der Waals surface area contributed by atoms with Gasteiger partial charge in [0, 0.05) is 0 Å². The lowest BCUT2D eigenvalue weighted by atomic mass is 9.96. The molecule has 3 rings (SSSR count). The molecule has 1 aliphatic heterocycles. The molecule has 0 bridgehead atoms. The van der Waals surface area contributed by atoms with E-state index < -0.39 is 17.9 Å². The molecule has 2 aromatic rings. The largest absolute Gasteiger partial charge is 0.347 e. The molecule has 0 spiro atoms. The van der Waals surface area contributed by atoms with Crippen molar-refractivity contribution in [3.05, 3.63) is 71.3 Å². The molecular weight excluding hydrogens is 396 g/mol. The van der Waals surface area contributed by atoms with Gasteiger partial charge in [-0.25, -0.2) is 0 Å². The van der Waals surface area contributed by atoms with Crippen molar-refractivity contribution in [2.45, 2.75) is 38.8 Å². The van der Waals surface area contributed by atoms with E-state index in [0.717, 1.165) is 16.9 Å². The minimum Gasteiger partial charge on any atom is -0.347 e. The number of nitrogens with one attached hydrogen (secondary N) is 1. The summed E-state index contributed by atoms with van der Waals surface area (Å²) in [6.45, 7) is 4.22. The summed E-state index contributed by atoms with van der Waals surface area (Å²) in [5.41, 5.74) is 1.75. The van der Waals surface area contributed by atoms with E-state index in [2.05, 4.69) is 19.2 Å². The van der Waals surface area contributed by atoms with Crippen LogP contribution in [0, 0.1) is 5.92 Å². The van der Waals surface area contributed by atoms with Gasteiger partial charge in [0.2, 0.25) is 5.91 Å². The third-order valence-corrected chi connectivity index (χ3v) is 5.90. The Balaban J connectivity index is 1.87. The maximum absolute atomic E-state index is 13.4. The van der Waals surface area contributed by atoms with E-state index in [1.165, 1.54) is 0 Å². The van der Waals surface area contributed by atoms with Gasteiger partial charge in [0.05, 0.1) is 17.2 Å². The fourth-order valence-corrected chi connectivity index (χ4v) is 4.26. The predicted molar refractivity (Wildman–Crippen MR) is 121 cm³/mol. The smallest absolute Gasteiger partial charge is 0.262 e. The molecule has 2 aromatic carbocycles. The average Bonchev–Trinajstić information content (AvgIpc) is 2.99. The van der Waals surface area contributed by atoms with Crippen LogP contribution < -0.4 is 5.32 Å². The van der Waals surface area contributed by atoms with Gasteiger partial charge in [0.1, 0.15) is 6.04 Å². The molecule has 2 unspecified atom stereocenters. The molecule has 0 saturated carbocycles. The normalized spacial score (nSPS) is 15.3. The van der Waals surface area contributed by atoms with E-state index in [0.29, 0.717) is 29.2 Å². The standard InChI is InChI=1S/C24H28N2O3S/c1-16(2)15-20(17-9-5-4-6-10-17)25-22(27)21(13-14-30-3)26-23(28)18-11-7-8-12-19(18)24(26)29/h4-12,16,20-21H,13-15H2,1-3H3,(H,25,27). The monoisotopic (exact) mass is 424 g/mol. The van der Waals surface area contributed by atoms with Crippen LogP contribution in [-0.2, 0) is 4.79 Å². The number of imide groups is 1. The number of amides is 3. The van der Waals surface area contributed by atoms with E-state index in [9.17, 15) is 14.4 Å². The Morgan fingerprint density at radius 2 is 1.53 bits per heavy atom. The zero-order valence-electron chi connectivity index (χ0n) is 17.6. The summed E-state index contributed by atoms with van der Waals surface area (Å²) in [5.74, 6) is -0.0208. The Kier molecular flexibility index (Phi) is 7.32. The number of benzene rings is 2. The van der Waals surface area contributed by atoms with Gasteiger partial charge in [-0.15, -0.1) is 0 Å². The molecule has 0 aromatic heterocycles. The van der Waals surface area contributed by atoms with Crippen molar-refractivity contribution >= 4 is 29.5 Å². The highest BCUT2D eigenvalue weighted by molar-refractivity contribution is 7.98. The number of nitrogens with zero attached hydrogens (tertiary/aromatic N) is 1. The van der Waals surface area contributed by atoms with Crippen LogP contribution in [0.3, 0.4) is 0 Å². The Hall–Kier alpha value is -2.60. The first-order chi connectivity index (χ1) is 14.4. The molecule has 1 heterocycles. The first kappa shape index (κ1) is 22.1. The fourth-order valence-electron chi connectivity index (χ4n) is 3.80. The van der Waals surface area contributed by atoms with Crippen LogP contribution in [0.25, 0.3) is 0 Å². The molecule has 1 N–H and O–H groups in total. The van der Waals surface area contributed by atoms with E-state index in [1.54, 1.807) is 36.0 Å². The Bertz CT molecular complexity index is 879. The lowest BCUT2D eigenvalue weighted by Gasteiger charge is -2.28. The van der Waals surface area contributed by atoms with Gasteiger partial charge in [-0.3, -0.25) is 19.3 Å². The number of carbonyl (C=O) groups excluding carboxylic acids is 3. The van der Waals surface area contributed by atoms with Gasteiger partial charge in [0.15, 0.2) is 0 Å². The summed E-state index contributed by atoms with van der Waals surface area (Å²) in [6, 6.07) is 15.6. The van der Waals surface area contributed by atoms with Crippen LogP contribution in [0.1, 0.15) is 59.0 Å². The molecule has 0 aliphatic carbocycles. The molecular formula is C24H28N2O3S. The van der Waals surface area contributed by atoms with Crippen molar-refractivity contribution in [1.29, 1.82) is 0 Å². The van der Waals surface area contributed by atoms with Crippen LogP contribution in [-0.4, -0.2) is 40.7 Å². The number of hydrogen-bond acceptors (Lipinski definition) is 4. The SMILES string of the molecule is CSCCC(C(=O)NC(CC(C)C)c1ccccc1)N1C(=O)c2ccccc2C1=O. The second kappa shape index (κ2) is 9.94. The summed E-state index contributed by atoms with van der Waals surface area (Å²) in [7, 11) is 0. The summed E-state index contributed by atoms with van der Waals surface area (Å²) in [5, 5.41) is 3.12. The molecule has 0 fully saturated rings. The summed E-state index contributed by atoms with van der Waals surface area (Å²) >= 11 is 1.59. The maximum Gasteiger partial charge on any atom is 0.262 e. The maximum atomic E-state index is 13.4. The third-order valence-electron chi connectivity index (χ3n) is 5.26. The Labute approximate surface area is 182 Å². The van der Waals surface area contributed by atoms with Gasteiger partial charge in [-0.05, 0) is 48.5 Å². The fraction of sp³-hybridized carbons (Fsp3) is 0.375. The molecule has 2 atom stereocenters. The number of carbonyl (C=O) groups is 3. The number of fused-ring (bicyclic) bond motifs is 1. The van der Waals surface area contributed by atoms with Crippen molar-refractivity contribution < 1.29 is 14.4 Å². The second-order valence-electron chi connectivity index (χ2n) is 7.92. The van der Waals surface area contributed by atoms with Gasteiger partial charge in [0.25, 0.3) is 11.8 Å². The first-order valence-electron chi connectivity index (χ1n) is 10.2. The second-order valence-corrected chi connectivity index (χ2v) is 8.91. The molecule has 3 amide bonds. The van der Waals surface area contributed by atoms with E-state index >= 15 is 0 Å². The van der Waals surface area contributed by atoms with Gasteiger partial charge in [-0.1, -0.05) is 56.3 Å². The van der Waals surface area contributed by atoms with Crippen molar-refractivity contribution in [3.8, 4) is 0 Å². The molecule has 158 valence electrons. The van der Waals surface area contributed by atoms with Crippen LogP contribution in [0.4, 0.5) is 0 Å². The average molecular weight is 425 g/mol. The van der Waals surface area contributed by atoms with Crippen molar-refractivity contribution in [2.24, 2.45) is 5.92 Å². The van der Waals surface area contributed by atoms with Gasteiger partial charge in [-0.2, -0.15) is 11.8 Å². The van der Waals surface area contributed by atoms with E-state index in [1.807, 2.05) is 36.6 Å². The molecule has 6 heteroatoms. The summed E-state index contributed by atoms with van der Waals surface area (Å²) in [6.07, 6.45) is 3.14. The zero-order chi connectivity index (χ0) is 21.7. The quantitative estimate of drug-likeness (QED) is 0.609. The number of thioether (sulfide) groups is 1. The number of rotatable bonds is 9. The lowest BCUT2D eigenvalue weighted by Crippen LogP contribution is -2.50. The van der Waals surface area contributed by atoms with E-state index in [-0.39, 0.29) is 11.9 Å². The Morgan fingerprint density at radius 1 is 0.967 bits per heavy atom. The highest BCUT2D eigenvalue weighted by Gasteiger charge is 2.42.